The van der Waals surface area contributed by atoms with E-state index in [1.165, 1.54) is 6.33 Å². The largest absolute Gasteiger partial charge is 0.394 e. The predicted octanol–water partition coefficient (Wildman–Crippen LogP) is -0.909. The van der Waals surface area contributed by atoms with Crippen LogP contribution in [0.4, 0.5) is 11.8 Å². The molecule has 0 unspecified atom stereocenters. The summed E-state index contributed by atoms with van der Waals surface area (Å²) in [5, 5.41) is 22.0. The molecule has 5 N–H and O–H groups in total. The maximum atomic E-state index is 9.85. The Kier molecular flexibility index (Phi) is 3.16. The Bertz CT molecular complexity index is 630. The lowest BCUT2D eigenvalue weighted by atomic mass is 10.2. The highest BCUT2D eigenvalue weighted by Crippen LogP contribution is 2.34. The maximum absolute atomic E-state index is 9.85. The molecule has 3 atom stereocenters. The summed E-state index contributed by atoms with van der Waals surface area (Å²) >= 11 is 0. The van der Waals surface area contributed by atoms with Gasteiger partial charge in [-0.15, -0.1) is 0 Å². The Morgan fingerprint density at radius 2 is 2.35 bits per heavy atom. The van der Waals surface area contributed by atoms with Gasteiger partial charge in [-0.05, 0) is 0 Å². The minimum Gasteiger partial charge on any atom is -0.394 e. The van der Waals surface area contributed by atoms with Crippen molar-refractivity contribution in [3.63, 3.8) is 0 Å². The van der Waals surface area contributed by atoms with Crippen molar-refractivity contribution in [2.75, 3.05) is 24.7 Å². The van der Waals surface area contributed by atoms with Gasteiger partial charge < -0.3 is 26.0 Å². The Morgan fingerprint density at radius 3 is 3.00 bits per heavy atom. The van der Waals surface area contributed by atoms with Crippen molar-refractivity contribution in [1.29, 1.82) is 0 Å². The number of hydrogen-bond donors (Lipinski definition) is 4. The summed E-state index contributed by atoms with van der Waals surface area (Å²) in [5.74, 6) is 0.797. The van der Waals surface area contributed by atoms with E-state index in [1.807, 2.05) is 0 Å². The smallest absolute Gasteiger partial charge is 0.207 e. The highest BCUT2D eigenvalue weighted by atomic mass is 16.5. The van der Waals surface area contributed by atoms with Gasteiger partial charge in [0.25, 0.3) is 0 Å². The second-order valence-corrected chi connectivity index (χ2v) is 4.60. The Labute approximate surface area is 114 Å². The molecule has 0 saturated carbocycles. The number of aliphatic hydroxyl groups is 2. The summed E-state index contributed by atoms with van der Waals surface area (Å²) in [7, 11) is 1.72. The zero-order valence-electron chi connectivity index (χ0n) is 10.9. The van der Waals surface area contributed by atoms with Crippen LogP contribution in [0.3, 0.4) is 0 Å². The van der Waals surface area contributed by atoms with Crippen molar-refractivity contribution < 1.29 is 14.9 Å². The third-order valence-corrected chi connectivity index (χ3v) is 3.40. The summed E-state index contributed by atoms with van der Waals surface area (Å²) in [6, 6.07) is 0. The van der Waals surface area contributed by atoms with E-state index in [1.54, 1.807) is 11.6 Å². The molecule has 0 radical (unpaired) electrons. The van der Waals surface area contributed by atoms with Gasteiger partial charge in [0.2, 0.25) is 5.95 Å². The molecular weight excluding hydrogens is 264 g/mol. The number of aromatic nitrogens is 4. The van der Waals surface area contributed by atoms with Gasteiger partial charge in [0.1, 0.15) is 18.7 Å². The monoisotopic (exact) mass is 280 g/mol. The zero-order chi connectivity index (χ0) is 14.3. The van der Waals surface area contributed by atoms with E-state index in [2.05, 4.69) is 20.3 Å². The molecule has 1 fully saturated rings. The third kappa shape index (κ3) is 1.87. The lowest BCUT2D eigenvalue weighted by Crippen LogP contribution is -2.24. The fourth-order valence-corrected chi connectivity index (χ4v) is 2.41. The molecule has 0 bridgehead atoms. The number of fused-ring (bicyclic) bond motifs is 1. The molecule has 20 heavy (non-hydrogen) atoms. The van der Waals surface area contributed by atoms with Crippen LogP contribution in [-0.4, -0.2) is 55.6 Å². The number of nitrogens with two attached hydrogens (primary N) is 1. The van der Waals surface area contributed by atoms with Crippen molar-refractivity contribution in [3.05, 3.63) is 6.33 Å². The average Bonchev–Trinajstić information content (AvgIpc) is 2.99. The van der Waals surface area contributed by atoms with Crippen molar-refractivity contribution in [3.8, 4) is 0 Å². The fourth-order valence-electron chi connectivity index (χ4n) is 2.41. The summed E-state index contributed by atoms with van der Waals surface area (Å²) in [6.07, 6.45) is -0.115. The van der Waals surface area contributed by atoms with Crippen LogP contribution in [0.15, 0.2) is 6.33 Å². The van der Waals surface area contributed by atoms with Crippen LogP contribution in [0.2, 0.25) is 0 Å². The zero-order valence-corrected chi connectivity index (χ0v) is 10.9. The molecule has 1 aliphatic heterocycles. The lowest BCUT2D eigenvalue weighted by Gasteiger charge is -2.16. The molecule has 3 heterocycles. The molecule has 0 aliphatic carbocycles. The molecule has 2 aromatic rings. The van der Waals surface area contributed by atoms with Crippen LogP contribution in [0, 0.1) is 0 Å². The number of nitrogen functional groups attached to an aromatic ring is 1. The Morgan fingerprint density at radius 1 is 1.55 bits per heavy atom. The number of ether oxygens (including phenoxy) is 1. The standard InChI is InChI=1S/C11H16N6O3/c1-13-11-16-8-9(12)14-4-15-10(8)17(11)7-2-5(19)6(3-18)20-7/h4-7,18-19H,2-3H2,1H3,(H,13,16)(H2,12,14,15)/t5-,6+,7+/m1/s1. The van der Waals surface area contributed by atoms with Crippen LogP contribution >= 0.6 is 0 Å². The highest BCUT2D eigenvalue weighted by molar-refractivity contribution is 5.84. The van der Waals surface area contributed by atoms with E-state index in [9.17, 15) is 5.11 Å². The molecule has 0 amide bonds. The molecule has 108 valence electrons. The second-order valence-electron chi connectivity index (χ2n) is 4.60. The van der Waals surface area contributed by atoms with Gasteiger partial charge in [0.15, 0.2) is 17.0 Å². The van der Waals surface area contributed by atoms with Crippen molar-refractivity contribution >= 4 is 22.9 Å². The van der Waals surface area contributed by atoms with Crippen LogP contribution in [0.25, 0.3) is 11.2 Å². The summed E-state index contributed by atoms with van der Waals surface area (Å²) in [5.41, 5.74) is 6.79. The van der Waals surface area contributed by atoms with E-state index in [0.29, 0.717) is 23.5 Å². The molecule has 0 aromatic carbocycles. The van der Waals surface area contributed by atoms with Crippen LogP contribution in [0.1, 0.15) is 12.6 Å². The molecule has 3 rings (SSSR count). The fraction of sp³-hybridized carbons (Fsp3) is 0.545. The average molecular weight is 280 g/mol. The first-order valence-corrected chi connectivity index (χ1v) is 6.26. The van der Waals surface area contributed by atoms with Gasteiger partial charge in [-0.3, -0.25) is 4.57 Å². The number of hydrogen-bond acceptors (Lipinski definition) is 8. The topological polar surface area (TPSA) is 131 Å². The molecule has 0 spiro atoms. The van der Waals surface area contributed by atoms with Crippen LogP contribution in [0.5, 0.6) is 0 Å². The first-order valence-electron chi connectivity index (χ1n) is 6.26. The quantitative estimate of drug-likeness (QED) is 0.568. The predicted molar refractivity (Wildman–Crippen MR) is 70.9 cm³/mol. The minimum absolute atomic E-state index is 0.240. The molecule has 1 aliphatic rings. The summed E-state index contributed by atoms with van der Waals surface area (Å²) < 4.78 is 7.35. The van der Waals surface area contributed by atoms with Crippen LogP contribution in [-0.2, 0) is 4.74 Å². The van der Waals surface area contributed by atoms with Crippen LogP contribution < -0.4 is 11.1 Å². The van der Waals surface area contributed by atoms with Gasteiger partial charge in [-0.1, -0.05) is 0 Å². The van der Waals surface area contributed by atoms with Crippen molar-refractivity contribution in [1.82, 2.24) is 19.5 Å². The minimum atomic E-state index is -0.730. The second kappa shape index (κ2) is 4.85. The summed E-state index contributed by atoms with van der Waals surface area (Å²) in [4.78, 5) is 12.4. The summed E-state index contributed by atoms with van der Waals surface area (Å²) in [6.45, 7) is -0.240. The van der Waals surface area contributed by atoms with Gasteiger partial charge in [0, 0.05) is 13.5 Å². The molecule has 9 heteroatoms. The van der Waals surface area contributed by atoms with E-state index in [4.69, 9.17) is 15.6 Å². The number of rotatable bonds is 3. The number of imidazole rings is 1. The van der Waals surface area contributed by atoms with E-state index in [-0.39, 0.29) is 12.4 Å². The van der Waals surface area contributed by atoms with E-state index >= 15 is 0 Å². The highest BCUT2D eigenvalue weighted by Gasteiger charge is 2.36. The third-order valence-electron chi connectivity index (χ3n) is 3.40. The molecule has 2 aromatic heterocycles. The first-order chi connectivity index (χ1) is 9.65. The number of nitrogens with zero attached hydrogens (tertiary/aromatic N) is 4. The van der Waals surface area contributed by atoms with Gasteiger partial charge in [-0.25, -0.2) is 15.0 Å². The molecule has 1 saturated heterocycles. The van der Waals surface area contributed by atoms with Gasteiger partial charge >= 0.3 is 0 Å². The number of aliphatic hydroxyl groups excluding tert-OH is 2. The van der Waals surface area contributed by atoms with Crippen molar-refractivity contribution in [2.45, 2.75) is 24.9 Å². The van der Waals surface area contributed by atoms with Gasteiger partial charge in [0.05, 0.1) is 12.7 Å². The maximum Gasteiger partial charge on any atom is 0.207 e. The Balaban J connectivity index is 2.09. The number of anilines is 2. The first kappa shape index (κ1) is 13.0. The molecular formula is C11H16N6O3. The van der Waals surface area contributed by atoms with E-state index in [0.717, 1.165) is 0 Å². The Hall–Kier alpha value is -1.97. The van der Waals surface area contributed by atoms with E-state index < -0.39 is 18.4 Å². The SMILES string of the molecule is CNc1nc2c(N)ncnc2n1[C@@H]1C[C@@H](O)[C@H](CO)O1. The van der Waals surface area contributed by atoms with Crippen molar-refractivity contribution in [2.24, 2.45) is 0 Å². The normalized spacial score (nSPS) is 26.2. The number of nitrogens with one attached hydrogen (secondary N) is 1. The van der Waals surface area contributed by atoms with Gasteiger partial charge in [-0.2, -0.15) is 0 Å². The lowest BCUT2D eigenvalue weighted by molar-refractivity contribution is -0.0425. The molecule has 9 nitrogen and oxygen atoms in total.